The summed E-state index contributed by atoms with van der Waals surface area (Å²) in [5.41, 5.74) is 0. The van der Waals surface area contributed by atoms with Gasteiger partial charge >= 0.3 is 5.97 Å². The lowest BCUT2D eigenvalue weighted by molar-refractivity contribution is -0.137. The Bertz CT molecular complexity index is 211. The van der Waals surface area contributed by atoms with Crippen LogP contribution in [0.3, 0.4) is 0 Å². The number of carbonyl (C=O) groups is 1. The fourth-order valence-electron chi connectivity index (χ4n) is 2.27. The molecule has 0 spiro atoms. The topological polar surface area (TPSA) is 26.3 Å². The van der Waals surface area contributed by atoms with Gasteiger partial charge in [-0.05, 0) is 31.1 Å². The van der Waals surface area contributed by atoms with Gasteiger partial charge < -0.3 is 4.74 Å². The van der Waals surface area contributed by atoms with Crippen LogP contribution in [0.4, 0.5) is 0 Å². The average molecular weight is 240 g/mol. The third-order valence-electron chi connectivity index (χ3n) is 3.26. The molecule has 0 aromatic carbocycles. The summed E-state index contributed by atoms with van der Waals surface area (Å²) in [4.78, 5) is 10.8. The van der Waals surface area contributed by atoms with E-state index in [0.717, 1.165) is 24.7 Å². The molecule has 0 aliphatic carbocycles. The van der Waals surface area contributed by atoms with Crippen LogP contribution >= 0.6 is 0 Å². The van der Waals surface area contributed by atoms with Crippen LogP contribution in [0.25, 0.3) is 0 Å². The number of rotatable bonds is 10. The lowest BCUT2D eigenvalue weighted by Crippen LogP contribution is -2.08. The number of hydrogen-bond donors (Lipinski definition) is 0. The first kappa shape index (κ1) is 16.2. The summed E-state index contributed by atoms with van der Waals surface area (Å²) in [6, 6.07) is 0. The SMILES string of the molecule is C=CC(=O)OCCCC(CC)CC(C)CCC. The summed E-state index contributed by atoms with van der Waals surface area (Å²) in [6.07, 6.45) is 8.48. The van der Waals surface area contributed by atoms with Crippen LogP contribution in [-0.2, 0) is 9.53 Å². The van der Waals surface area contributed by atoms with Crippen molar-refractivity contribution in [1.82, 2.24) is 0 Å². The van der Waals surface area contributed by atoms with Crippen molar-refractivity contribution in [1.29, 1.82) is 0 Å². The van der Waals surface area contributed by atoms with Crippen LogP contribution in [0.15, 0.2) is 12.7 Å². The lowest BCUT2D eigenvalue weighted by Gasteiger charge is -2.19. The van der Waals surface area contributed by atoms with Gasteiger partial charge in [0.1, 0.15) is 0 Å². The Kier molecular flexibility index (Phi) is 9.89. The summed E-state index contributed by atoms with van der Waals surface area (Å²) in [5, 5.41) is 0. The molecule has 0 saturated heterocycles. The first-order valence-electron chi connectivity index (χ1n) is 6.93. The average Bonchev–Trinajstić information content (AvgIpc) is 2.32. The highest BCUT2D eigenvalue weighted by Crippen LogP contribution is 2.23. The van der Waals surface area contributed by atoms with Crippen molar-refractivity contribution >= 4 is 5.97 Å². The molecule has 0 rings (SSSR count). The quantitative estimate of drug-likeness (QED) is 0.322. The molecule has 0 aliphatic heterocycles. The number of ether oxygens (including phenoxy) is 1. The van der Waals surface area contributed by atoms with Crippen molar-refractivity contribution in [2.24, 2.45) is 11.8 Å². The minimum absolute atomic E-state index is 0.308. The zero-order valence-corrected chi connectivity index (χ0v) is 11.7. The molecule has 0 heterocycles. The summed E-state index contributed by atoms with van der Waals surface area (Å²) < 4.78 is 4.98. The van der Waals surface area contributed by atoms with Crippen molar-refractivity contribution in [3.05, 3.63) is 12.7 Å². The molecular weight excluding hydrogens is 212 g/mol. The van der Waals surface area contributed by atoms with E-state index < -0.39 is 0 Å². The van der Waals surface area contributed by atoms with E-state index in [9.17, 15) is 4.79 Å². The van der Waals surface area contributed by atoms with E-state index in [1.807, 2.05) is 0 Å². The Balaban J connectivity index is 3.67. The molecule has 2 heteroatoms. The zero-order valence-electron chi connectivity index (χ0n) is 11.7. The van der Waals surface area contributed by atoms with E-state index in [0.29, 0.717) is 6.61 Å². The van der Waals surface area contributed by atoms with Gasteiger partial charge in [0.05, 0.1) is 6.61 Å². The van der Waals surface area contributed by atoms with Crippen molar-refractivity contribution in [2.45, 2.75) is 59.3 Å². The Morgan fingerprint density at radius 1 is 1.35 bits per heavy atom. The minimum Gasteiger partial charge on any atom is -0.463 e. The first-order chi connectivity index (χ1) is 8.13. The van der Waals surface area contributed by atoms with Crippen LogP contribution in [0.2, 0.25) is 0 Å². The molecule has 0 aromatic heterocycles. The number of esters is 1. The van der Waals surface area contributed by atoms with Gasteiger partial charge in [0.25, 0.3) is 0 Å². The zero-order chi connectivity index (χ0) is 13.1. The summed E-state index contributed by atoms with van der Waals surface area (Å²) in [5.74, 6) is 1.29. The Morgan fingerprint density at radius 2 is 2.06 bits per heavy atom. The highest BCUT2D eigenvalue weighted by atomic mass is 16.5. The highest BCUT2D eigenvalue weighted by Gasteiger charge is 2.11. The second-order valence-electron chi connectivity index (χ2n) is 4.92. The second kappa shape index (κ2) is 10.4. The lowest BCUT2D eigenvalue weighted by atomic mass is 9.88. The van der Waals surface area contributed by atoms with Crippen molar-refractivity contribution in [3.8, 4) is 0 Å². The summed E-state index contributed by atoms with van der Waals surface area (Å²) >= 11 is 0. The Labute approximate surface area is 106 Å². The van der Waals surface area contributed by atoms with Gasteiger partial charge in [-0.15, -0.1) is 0 Å². The van der Waals surface area contributed by atoms with Crippen LogP contribution in [0, 0.1) is 11.8 Å². The third-order valence-corrected chi connectivity index (χ3v) is 3.26. The highest BCUT2D eigenvalue weighted by molar-refractivity contribution is 5.81. The number of carbonyl (C=O) groups excluding carboxylic acids is 1. The minimum atomic E-state index is -0.308. The fourth-order valence-corrected chi connectivity index (χ4v) is 2.27. The van der Waals surface area contributed by atoms with Crippen LogP contribution in [-0.4, -0.2) is 12.6 Å². The normalized spacial score (nSPS) is 14.1. The molecule has 100 valence electrons. The van der Waals surface area contributed by atoms with E-state index in [4.69, 9.17) is 4.74 Å². The molecule has 0 saturated carbocycles. The second-order valence-corrected chi connectivity index (χ2v) is 4.92. The molecule has 0 aliphatic rings. The third kappa shape index (κ3) is 8.96. The van der Waals surface area contributed by atoms with E-state index in [-0.39, 0.29) is 5.97 Å². The molecule has 2 unspecified atom stereocenters. The molecule has 0 N–H and O–H groups in total. The summed E-state index contributed by atoms with van der Waals surface area (Å²) in [7, 11) is 0. The molecule has 17 heavy (non-hydrogen) atoms. The molecule has 2 atom stereocenters. The van der Waals surface area contributed by atoms with E-state index in [1.165, 1.54) is 31.8 Å². The standard InChI is InChI=1S/C15H28O2/c1-5-9-13(4)12-14(6-2)10-8-11-17-15(16)7-3/h7,13-14H,3,5-6,8-12H2,1-2,4H3. The van der Waals surface area contributed by atoms with Gasteiger partial charge in [-0.1, -0.05) is 46.6 Å². The van der Waals surface area contributed by atoms with Crippen molar-refractivity contribution in [2.75, 3.05) is 6.61 Å². The monoisotopic (exact) mass is 240 g/mol. The van der Waals surface area contributed by atoms with Crippen LogP contribution in [0.5, 0.6) is 0 Å². The van der Waals surface area contributed by atoms with Crippen LogP contribution in [0.1, 0.15) is 59.3 Å². The smallest absolute Gasteiger partial charge is 0.330 e. The van der Waals surface area contributed by atoms with E-state index in [1.54, 1.807) is 0 Å². The largest absolute Gasteiger partial charge is 0.463 e. The van der Waals surface area contributed by atoms with E-state index in [2.05, 4.69) is 27.4 Å². The molecule has 0 aromatic rings. The predicted molar refractivity (Wildman–Crippen MR) is 72.9 cm³/mol. The van der Waals surface area contributed by atoms with Crippen molar-refractivity contribution < 1.29 is 9.53 Å². The molecule has 2 nitrogen and oxygen atoms in total. The maximum atomic E-state index is 10.8. The molecular formula is C15H28O2. The summed E-state index contributed by atoms with van der Waals surface area (Å²) in [6.45, 7) is 10.7. The van der Waals surface area contributed by atoms with Gasteiger partial charge in [-0.2, -0.15) is 0 Å². The van der Waals surface area contributed by atoms with Gasteiger partial charge in [0.2, 0.25) is 0 Å². The Hall–Kier alpha value is -0.790. The van der Waals surface area contributed by atoms with E-state index >= 15 is 0 Å². The van der Waals surface area contributed by atoms with Crippen molar-refractivity contribution in [3.63, 3.8) is 0 Å². The molecule has 0 bridgehead atoms. The van der Waals surface area contributed by atoms with Gasteiger partial charge in [-0.3, -0.25) is 0 Å². The van der Waals surface area contributed by atoms with Gasteiger partial charge in [0.15, 0.2) is 0 Å². The number of hydrogen-bond acceptors (Lipinski definition) is 2. The molecule has 0 amide bonds. The maximum absolute atomic E-state index is 10.8. The maximum Gasteiger partial charge on any atom is 0.330 e. The van der Waals surface area contributed by atoms with Gasteiger partial charge in [-0.25, -0.2) is 4.79 Å². The fraction of sp³-hybridized carbons (Fsp3) is 0.800. The van der Waals surface area contributed by atoms with Gasteiger partial charge in [0, 0.05) is 6.08 Å². The predicted octanol–water partition coefficient (Wildman–Crippen LogP) is 4.35. The first-order valence-corrected chi connectivity index (χ1v) is 6.93. The molecule has 0 radical (unpaired) electrons. The molecule has 0 fully saturated rings. The van der Waals surface area contributed by atoms with Crippen LogP contribution < -0.4 is 0 Å². The Morgan fingerprint density at radius 3 is 2.59 bits per heavy atom.